The van der Waals surface area contributed by atoms with Crippen LogP contribution in [0.25, 0.3) is 0 Å². The number of rotatable bonds is 6. The number of nitrogens with two attached hydrogens (primary N) is 1. The Labute approximate surface area is 112 Å². The molecule has 0 unspecified atom stereocenters. The van der Waals surface area contributed by atoms with Crippen molar-refractivity contribution in [2.75, 3.05) is 20.8 Å². The Morgan fingerprint density at radius 1 is 1.37 bits per heavy atom. The van der Waals surface area contributed by atoms with E-state index in [1.807, 2.05) is 0 Å². The fraction of sp³-hybridized carbons (Fsp3) is 0.462. The van der Waals surface area contributed by atoms with Crippen LogP contribution in [0.3, 0.4) is 0 Å². The summed E-state index contributed by atoms with van der Waals surface area (Å²) in [6, 6.07) is 2.31. The average molecular weight is 269 g/mol. The van der Waals surface area contributed by atoms with Crippen LogP contribution in [0.2, 0.25) is 0 Å². The Kier molecular flexibility index (Phi) is 5.44. The van der Waals surface area contributed by atoms with Crippen molar-refractivity contribution < 1.29 is 24.1 Å². The second-order valence-electron chi connectivity index (χ2n) is 3.88. The van der Waals surface area contributed by atoms with Gasteiger partial charge in [0.05, 0.1) is 32.8 Å². The van der Waals surface area contributed by atoms with Crippen LogP contribution < -0.4 is 15.2 Å². The van der Waals surface area contributed by atoms with Crippen LogP contribution in [-0.4, -0.2) is 31.9 Å². The number of carbonyl (C=O) groups excluding carboxylic acids is 1. The van der Waals surface area contributed by atoms with Crippen molar-refractivity contribution in [3.05, 3.63) is 17.7 Å². The van der Waals surface area contributed by atoms with Crippen LogP contribution in [0.5, 0.6) is 17.2 Å². The summed E-state index contributed by atoms with van der Waals surface area (Å²) in [4.78, 5) is 11.4. The lowest BCUT2D eigenvalue weighted by Crippen LogP contribution is -2.18. The van der Waals surface area contributed by atoms with Crippen molar-refractivity contribution >= 4 is 5.97 Å². The predicted molar refractivity (Wildman–Crippen MR) is 69.4 cm³/mol. The van der Waals surface area contributed by atoms with Crippen LogP contribution in [0.4, 0.5) is 0 Å². The quantitative estimate of drug-likeness (QED) is 0.758. The molecular weight excluding hydrogens is 250 g/mol. The molecule has 0 radical (unpaired) electrons. The van der Waals surface area contributed by atoms with Crippen molar-refractivity contribution in [3.63, 3.8) is 0 Å². The first-order valence-corrected chi connectivity index (χ1v) is 5.89. The van der Waals surface area contributed by atoms with Gasteiger partial charge in [-0.25, -0.2) is 0 Å². The maximum atomic E-state index is 11.4. The van der Waals surface area contributed by atoms with Crippen molar-refractivity contribution in [1.29, 1.82) is 0 Å². The van der Waals surface area contributed by atoms with E-state index in [1.165, 1.54) is 20.3 Å². The highest BCUT2D eigenvalue weighted by Crippen LogP contribution is 2.37. The standard InChI is InChI=1S/C13H19NO5/c1-4-19-12(16)7-9(14)13-10(15)5-8(17-2)6-11(13)18-3/h5-6,9,15H,4,7,14H2,1-3H3/t9-/m1/s1. The topological polar surface area (TPSA) is 91.0 Å². The zero-order valence-corrected chi connectivity index (χ0v) is 11.3. The number of hydrogen-bond donors (Lipinski definition) is 2. The van der Waals surface area contributed by atoms with Gasteiger partial charge >= 0.3 is 5.97 Å². The van der Waals surface area contributed by atoms with E-state index in [4.69, 9.17) is 19.9 Å². The number of phenols is 1. The summed E-state index contributed by atoms with van der Waals surface area (Å²) in [6.07, 6.45) is -0.0376. The third kappa shape index (κ3) is 3.75. The lowest BCUT2D eigenvalue weighted by Gasteiger charge is -2.17. The molecule has 0 fully saturated rings. The number of hydrogen-bond acceptors (Lipinski definition) is 6. The molecule has 0 spiro atoms. The molecule has 3 N–H and O–H groups in total. The van der Waals surface area contributed by atoms with Crippen LogP contribution >= 0.6 is 0 Å². The fourth-order valence-electron chi connectivity index (χ4n) is 1.75. The zero-order chi connectivity index (χ0) is 14.4. The molecule has 106 valence electrons. The zero-order valence-electron chi connectivity index (χ0n) is 11.3. The Morgan fingerprint density at radius 2 is 2.05 bits per heavy atom. The molecule has 1 rings (SSSR count). The Morgan fingerprint density at radius 3 is 2.58 bits per heavy atom. The molecule has 0 heterocycles. The third-order valence-corrected chi connectivity index (χ3v) is 2.61. The molecule has 0 aliphatic heterocycles. The molecule has 0 aliphatic rings. The van der Waals surface area contributed by atoms with Gasteiger partial charge in [-0.2, -0.15) is 0 Å². The lowest BCUT2D eigenvalue weighted by molar-refractivity contribution is -0.143. The Bertz CT molecular complexity index is 447. The summed E-state index contributed by atoms with van der Waals surface area (Å²) >= 11 is 0. The molecule has 0 saturated carbocycles. The minimum Gasteiger partial charge on any atom is -0.507 e. The van der Waals surface area contributed by atoms with E-state index in [-0.39, 0.29) is 18.8 Å². The van der Waals surface area contributed by atoms with Crippen LogP contribution in [0.15, 0.2) is 12.1 Å². The molecule has 1 aromatic rings. The molecule has 0 aliphatic carbocycles. The normalized spacial score (nSPS) is 11.8. The second-order valence-corrected chi connectivity index (χ2v) is 3.88. The van der Waals surface area contributed by atoms with Crippen LogP contribution in [0.1, 0.15) is 24.9 Å². The van der Waals surface area contributed by atoms with Crippen molar-refractivity contribution in [2.45, 2.75) is 19.4 Å². The highest BCUT2D eigenvalue weighted by Gasteiger charge is 2.21. The highest BCUT2D eigenvalue weighted by molar-refractivity contribution is 5.71. The number of esters is 1. The minimum absolute atomic E-state index is 0.0376. The second kappa shape index (κ2) is 6.84. The first-order valence-electron chi connectivity index (χ1n) is 5.89. The van der Waals surface area contributed by atoms with E-state index in [0.29, 0.717) is 17.1 Å². The van der Waals surface area contributed by atoms with E-state index in [1.54, 1.807) is 13.0 Å². The fourth-order valence-corrected chi connectivity index (χ4v) is 1.75. The van der Waals surface area contributed by atoms with Gasteiger partial charge in [0.1, 0.15) is 17.2 Å². The number of carbonyl (C=O) groups is 1. The van der Waals surface area contributed by atoms with Crippen molar-refractivity contribution in [2.24, 2.45) is 5.73 Å². The molecule has 0 saturated heterocycles. The molecule has 1 atom stereocenters. The average Bonchev–Trinajstić information content (AvgIpc) is 2.37. The summed E-state index contributed by atoms with van der Waals surface area (Å²) in [5.41, 5.74) is 6.27. The lowest BCUT2D eigenvalue weighted by atomic mass is 10.0. The minimum atomic E-state index is -0.708. The largest absolute Gasteiger partial charge is 0.507 e. The molecule has 0 bridgehead atoms. The third-order valence-electron chi connectivity index (χ3n) is 2.61. The van der Waals surface area contributed by atoms with E-state index in [2.05, 4.69) is 0 Å². The molecule has 19 heavy (non-hydrogen) atoms. The Balaban J connectivity index is 3.01. The summed E-state index contributed by atoms with van der Waals surface area (Å²) < 4.78 is 15.0. The van der Waals surface area contributed by atoms with Gasteiger partial charge in [-0.05, 0) is 6.92 Å². The summed E-state index contributed by atoms with van der Waals surface area (Å²) in [7, 11) is 2.93. The Hall–Kier alpha value is -1.95. The molecule has 0 aromatic heterocycles. The summed E-state index contributed by atoms with van der Waals surface area (Å²) in [5.74, 6) is 0.315. The van der Waals surface area contributed by atoms with E-state index in [9.17, 15) is 9.90 Å². The van der Waals surface area contributed by atoms with Gasteiger partial charge in [0, 0.05) is 18.2 Å². The summed E-state index contributed by atoms with van der Waals surface area (Å²) in [5, 5.41) is 9.96. The monoisotopic (exact) mass is 269 g/mol. The van der Waals surface area contributed by atoms with Gasteiger partial charge in [-0.1, -0.05) is 0 Å². The molecule has 6 nitrogen and oxygen atoms in total. The smallest absolute Gasteiger partial charge is 0.307 e. The SMILES string of the molecule is CCOC(=O)C[C@@H](N)c1c(O)cc(OC)cc1OC. The maximum Gasteiger partial charge on any atom is 0.307 e. The van der Waals surface area contributed by atoms with Gasteiger partial charge in [0.2, 0.25) is 0 Å². The number of benzene rings is 1. The first kappa shape index (κ1) is 15.1. The van der Waals surface area contributed by atoms with Gasteiger partial charge in [0.15, 0.2) is 0 Å². The summed E-state index contributed by atoms with van der Waals surface area (Å²) in [6.45, 7) is 2.01. The number of phenolic OH excluding ortho intramolecular Hbond substituents is 1. The number of ether oxygens (including phenoxy) is 3. The predicted octanol–water partition coefficient (Wildman–Crippen LogP) is 1.36. The van der Waals surface area contributed by atoms with Gasteiger partial charge < -0.3 is 25.1 Å². The van der Waals surface area contributed by atoms with Gasteiger partial charge in [-0.3, -0.25) is 4.79 Å². The number of aromatic hydroxyl groups is 1. The molecule has 1 aromatic carbocycles. The van der Waals surface area contributed by atoms with Crippen molar-refractivity contribution in [3.8, 4) is 17.2 Å². The molecular formula is C13H19NO5. The van der Waals surface area contributed by atoms with Gasteiger partial charge in [-0.15, -0.1) is 0 Å². The highest BCUT2D eigenvalue weighted by atomic mass is 16.5. The first-order chi connectivity index (χ1) is 9.03. The maximum absolute atomic E-state index is 11.4. The van der Waals surface area contributed by atoms with Gasteiger partial charge in [0.25, 0.3) is 0 Å². The van der Waals surface area contributed by atoms with E-state index < -0.39 is 12.0 Å². The molecule has 0 amide bonds. The molecule has 6 heteroatoms. The van der Waals surface area contributed by atoms with Crippen molar-refractivity contribution in [1.82, 2.24) is 0 Å². The van der Waals surface area contributed by atoms with E-state index in [0.717, 1.165) is 0 Å². The van der Waals surface area contributed by atoms with E-state index >= 15 is 0 Å². The number of methoxy groups -OCH3 is 2. The van der Waals surface area contributed by atoms with Crippen LogP contribution in [0, 0.1) is 0 Å². The van der Waals surface area contributed by atoms with Crippen LogP contribution in [-0.2, 0) is 9.53 Å².